The van der Waals surface area contributed by atoms with E-state index in [2.05, 4.69) is 10.1 Å². The minimum Gasteiger partial charge on any atom is -0.435 e. The normalized spacial score (nSPS) is 10.7. The average molecular weight is 302 g/mol. The molecule has 0 radical (unpaired) electrons. The second-order valence-corrected chi connectivity index (χ2v) is 4.37. The third-order valence-corrected chi connectivity index (χ3v) is 2.94. The molecule has 0 saturated carbocycles. The summed E-state index contributed by atoms with van der Waals surface area (Å²) in [7, 11) is 0. The number of alkyl halides is 2. The molecule has 0 aliphatic heterocycles. The van der Waals surface area contributed by atoms with E-state index in [-0.39, 0.29) is 12.3 Å². The van der Waals surface area contributed by atoms with Gasteiger partial charge < -0.3 is 10.1 Å². The van der Waals surface area contributed by atoms with Crippen LogP contribution in [0.4, 0.5) is 18.9 Å². The highest BCUT2D eigenvalue weighted by Gasteiger charge is 2.08. The standard InChI is InChI=1S/C14H11ClF3NO/c15-12-5-2-6-13(16)11(12)8-19-9-3-1-4-10(7-9)20-14(17)18/h1-7,14,19H,8H2. The van der Waals surface area contributed by atoms with Gasteiger partial charge in [-0.15, -0.1) is 0 Å². The van der Waals surface area contributed by atoms with E-state index in [0.717, 1.165) is 0 Å². The van der Waals surface area contributed by atoms with Gasteiger partial charge in [0, 0.05) is 28.9 Å². The molecule has 2 nitrogen and oxygen atoms in total. The van der Waals surface area contributed by atoms with Crippen molar-refractivity contribution >= 4 is 17.3 Å². The van der Waals surface area contributed by atoms with Crippen LogP contribution >= 0.6 is 11.6 Å². The van der Waals surface area contributed by atoms with Crippen molar-refractivity contribution in [3.8, 4) is 5.75 Å². The number of ether oxygens (including phenoxy) is 1. The first kappa shape index (κ1) is 14.5. The smallest absolute Gasteiger partial charge is 0.387 e. The molecule has 6 heteroatoms. The highest BCUT2D eigenvalue weighted by molar-refractivity contribution is 6.31. The van der Waals surface area contributed by atoms with Crippen LogP contribution in [0, 0.1) is 5.82 Å². The topological polar surface area (TPSA) is 21.3 Å². The van der Waals surface area contributed by atoms with Crippen molar-refractivity contribution in [2.45, 2.75) is 13.2 Å². The van der Waals surface area contributed by atoms with Crippen molar-refractivity contribution in [1.29, 1.82) is 0 Å². The van der Waals surface area contributed by atoms with Crippen LogP contribution in [-0.2, 0) is 6.54 Å². The highest BCUT2D eigenvalue weighted by atomic mass is 35.5. The minimum absolute atomic E-state index is 0.0321. The Labute approximate surface area is 119 Å². The molecular weight excluding hydrogens is 291 g/mol. The summed E-state index contributed by atoms with van der Waals surface area (Å²) in [5.74, 6) is -0.394. The first-order valence-electron chi connectivity index (χ1n) is 5.78. The fourth-order valence-corrected chi connectivity index (χ4v) is 1.90. The van der Waals surface area contributed by atoms with Crippen LogP contribution in [0.25, 0.3) is 0 Å². The highest BCUT2D eigenvalue weighted by Crippen LogP contribution is 2.23. The maximum Gasteiger partial charge on any atom is 0.387 e. The molecule has 106 valence electrons. The largest absolute Gasteiger partial charge is 0.435 e. The number of anilines is 1. The van der Waals surface area contributed by atoms with Gasteiger partial charge in [-0.05, 0) is 24.3 Å². The van der Waals surface area contributed by atoms with Gasteiger partial charge in [-0.1, -0.05) is 23.7 Å². The summed E-state index contributed by atoms with van der Waals surface area (Å²) in [6.45, 7) is -2.74. The van der Waals surface area contributed by atoms with Crippen molar-refractivity contribution in [2.75, 3.05) is 5.32 Å². The van der Waals surface area contributed by atoms with Crippen molar-refractivity contribution in [3.63, 3.8) is 0 Å². The van der Waals surface area contributed by atoms with Gasteiger partial charge in [-0.25, -0.2) is 4.39 Å². The Morgan fingerprint density at radius 3 is 2.60 bits per heavy atom. The van der Waals surface area contributed by atoms with Gasteiger partial charge in [0.15, 0.2) is 0 Å². The number of halogens is 4. The van der Waals surface area contributed by atoms with E-state index in [9.17, 15) is 13.2 Å². The third kappa shape index (κ3) is 3.81. The Balaban J connectivity index is 2.07. The van der Waals surface area contributed by atoms with Crippen LogP contribution in [0.15, 0.2) is 42.5 Å². The Bertz CT molecular complexity index is 572. The van der Waals surface area contributed by atoms with E-state index in [1.165, 1.54) is 24.3 Å². The molecule has 0 aliphatic carbocycles. The molecular formula is C14H11ClF3NO. The van der Waals surface area contributed by atoms with E-state index in [4.69, 9.17) is 11.6 Å². The van der Waals surface area contributed by atoms with E-state index in [1.54, 1.807) is 18.2 Å². The Kier molecular flexibility index (Phi) is 4.74. The Hall–Kier alpha value is -1.88. The van der Waals surface area contributed by atoms with E-state index in [1.807, 2.05) is 0 Å². The summed E-state index contributed by atoms with van der Waals surface area (Å²) in [6.07, 6.45) is 0. The summed E-state index contributed by atoms with van der Waals surface area (Å²) in [5, 5.41) is 3.21. The summed E-state index contributed by atoms with van der Waals surface area (Å²) < 4.78 is 42.0. The van der Waals surface area contributed by atoms with Crippen LogP contribution in [0.5, 0.6) is 5.75 Å². The van der Waals surface area contributed by atoms with E-state index in [0.29, 0.717) is 16.3 Å². The number of hydrogen-bond donors (Lipinski definition) is 1. The van der Waals surface area contributed by atoms with Gasteiger partial charge in [0.2, 0.25) is 0 Å². The number of rotatable bonds is 5. The van der Waals surface area contributed by atoms with Gasteiger partial charge in [0.25, 0.3) is 0 Å². The minimum atomic E-state index is -2.88. The quantitative estimate of drug-likeness (QED) is 0.865. The average Bonchev–Trinajstić information content (AvgIpc) is 2.38. The maximum absolute atomic E-state index is 13.6. The van der Waals surface area contributed by atoms with Gasteiger partial charge in [0.1, 0.15) is 11.6 Å². The predicted molar refractivity (Wildman–Crippen MR) is 71.8 cm³/mol. The van der Waals surface area contributed by atoms with Crippen molar-refractivity contribution < 1.29 is 17.9 Å². The molecule has 20 heavy (non-hydrogen) atoms. The molecule has 0 saturated heterocycles. The fraction of sp³-hybridized carbons (Fsp3) is 0.143. The van der Waals surface area contributed by atoms with Crippen molar-refractivity contribution in [1.82, 2.24) is 0 Å². The second-order valence-electron chi connectivity index (χ2n) is 3.96. The molecule has 0 aromatic heterocycles. The summed E-state index contributed by atoms with van der Waals surface area (Å²) in [6, 6.07) is 10.4. The van der Waals surface area contributed by atoms with Gasteiger partial charge >= 0.3 is 6.61 Å². The second kappa shape index (κ2) is 6.52. The third-order valence-electron chi connectivity index (χ3n) is 2.59. The first-order valence-corrected chi connectivity index (χ1v) is 6.15. The molecule has 0 aliphatic rings. The molecule has 0 heterocycles. The lowest BCUT2D eigenvalue weighted by atomic mass is 10.2. The Morgan fingerprint density at radius 1 is 1.15 bits per heavy atom. The van der Waals surface area contributed by atoms with Crippen LogP contribution in [-0.4, -0.2) is 6.61 Å². The molecule has 0 bridgehead atoms. The van der Waals surface area contributed by atoms with Gasteiger partial charge in [0.05, 0.1) is 0 Å². The van der Waals surface area contributed by atoms with E-state index >= 15 is 0 Å². The van der Waals surface area contributed by atoms with Gasteiger partial charge in [-0.2, -0.15) is 8.78 Å². The molecule has 2 rings (SSSR count). The lowest BCUT2D eigenvalue weighted by Crippen LogP contribution is -2.04. The monoisotopic (exact) mass is 301 g/mol. The summed E-state index contributed by atoms with van der Waals surface area (Å²) >= 11 is 5.89. The Morgan fingerprint density at radius 2 is 1.90 bits per heavy atom. The lowest BCUT2D eigenvalue weighted by Gasteiger charge is -2.10. The summed E-state index contributed by atoms with van der Waals surface area (Å²) in [5.41, 5.74) is 0.844. The number of nitrogens with one attached hydrogen (secondary N) is 1. The molecule has 0 atom stereocenters. The maximum atomic E-state index is 13.6. The molecule has 0 spiro atoms. The van der Waals surface area contributed by atoms with Crippen LogP contribution < -0.4 is 10.1 Å². The number of benzene rings is 2. The lowest BCUT2D eigenvalue weighted by molar-refractivity contribution is -0.0498. The van der Waals surface area contributed by atoms with Gasteiger partial charge in [-0.3, -0.25) is 0 Å². The van der Waals surface area contributed by atoms with E-state index < -0.39 is 12.4 Å². The zero-order valence-electron chi connectivity index (χ0n) is 10.2. The zero-order valence-corrected chi connectivity index (χ0v) is 11.0. The summed E-state index contributed by atoms with van der Waals surface area (Å²) in [4.78, 5) is 0. The number of hydrogen-bond acceptors (Lipinski definition) is 2. The zero-order chi connectivity index (χ0) is 14.5. The van der Waals surface area contributed by atoms with Crippen LogP contribution in [0.2, 0.25) is 5.02 Å². The molecule has 0 unspecified atom stereocenters. The molecule has 2 aromatic carbocycles. The molecule has 0 fully saturated rings. The predicted octanol–water partition coefficient (Wildman–Crippen LogP) is 4.69. The molecule has 1 N–H and O–H groups in total. The van der Waals surface area contributed by atoms with Crippen LogP contribution in [0.3, 0.4) is 0 Å². The van der Waals surface area contributed by atoms with Crippen LogP contribution in [0.1, 0.15) is 5.56 Å². The molecule has 2 aromatic rings. The van der Waals surface area contributed by atoms with Crippen molar-refractivity contribution in [3.05, 3.63) is 58.9 Å². The molecule has 0 amide bonds. The fourth-order valence-electron chi connectivity index (χ4n) is 1.67. The van der Waals surface area contributed by atoms with Crippen molar-refractivity contribution in [2.24, 2.45) is 0 Å². The first-order chi connectivity index (χ1) is 9.56. The SMILES string of the molecule is Fc1cccc(Cl)c1CNc1cccc(OC(F)F)c1.